The summed E-state index contributed by atoms with van der Waals surface area (Å²) in [5, 5.41) is 0. The Morgan fingerprint density at radius 2 is 2.06 bits per heavy atom. The maximum Gasteiger partial charge on any atom is 0.123 e. The largest absolute Gasteiger partial charge is 0.496 e. The van der Waals surface area contributed by atoms with Gasteiger partial charge in [-0.2, -0.15) is 0 Å². The molecule has 0 aliphatic carbocycles. The minimum atomic E-state index is 0.707. The van der Waals surface area contributed by atoms with E-state index in [-0.39, 0.29) is 0 Å². The summed E-state index contributed by atoms with van der Waals surface area (Å²) >= 11 is 3.69. The van der Waals surface area contributed by atoms with E-state index in [1.165, 1.54) is 37.1 Å². The van der Waals surface area contributed by atoms with E-state index in [1.807, 2.05) is 0 Å². The fraction of sp³-hybridized carbons (Fsp3) is 0.571. The lowest BCUT2D eigenvalue weighted by Crippen LogP contribution is -2.33. The molecule has 17 heavy (non-hydrogen) atoms. The summed E-state index contributed by atoms with van der Waals surface area (Å²) in [7, 11) is 1.75. The monoisotopic (exact) mass is 297 g/mol. The van der Waals surface area contributed by atoms with Crippen LogP contribution in [0.4, 0.5) is 0 Å². The third kappa shape index (κ3) is 3.46. The molecule has 1 aliphatic rings. The average molecular weight is 298 g/mol. The molecule has 0 radical (unpaired) electrons. The second-order valence-electron chi connectivity index (χ2n) is 4.77. The van der Waals surface area contributed by atoms with Gasteiger partial charge in [-0.05, 0) is 38.9 Å². The third-order valence-corrected chi connectivity index (χ3v) is 4.26. The topological polar surface area (TPSA) is 12.5 Å². The van der Waals surface area contributed by atoms with Crippen LogP contribution in [0.25, 0.3) is 0 Å². The van der Waals surface area contributed by atoms with Crippen LogP contribution in [0.3, 0.4) is 0 Å². The predicted molar refractivity (Wildman–Crippen MR) is 75.0 cm³/mol. The lowest BCUT2D eigenvalue weighted by atomic mass is 10.1. The molecule has 2 nitrogen and oxygen atoms in total. The molecule has 94 valence electrons. The van der Waals surface area contributed by atoms with Crippen LogP contribution in [0.15, 0.2) is 18.2 Å². The van der Waals surface area contributed by atoms with E-state index in [2.05, 4.69) is 46.0 Å². The van der Waals surface area contributed by atoms with E-state index in [4.69, 9.17) is 4.74 Å². The molecule has 3 heteroatoms. The van der Waals surface area contributed by atoms with Crippen molar-refractivity contribution in [1.29, 1.82) is 0 Å². The minimum Gasteiger partial charge on any atom is -0.496 e. The van der Waals surface area contributed by atoms with E-state index >= 15 is 0 Å². The molecule has 1 heterocycles. The van der Waals surface area contributed by atoms with Gasteiger partial charge >= 0.3 is 0 Å². The van der Waals surface area contributed by atoms with Gasteiger partial charge in [0.2, 0.25) is 0 Å². The first-order valence-electron chi connectivity index (χ1n) is 6.19. The lowest BCUT2D eigenvalue weighted by molar-refractivity contribution is 0.223. The van der Waals surface area contributed by atoms with Crippen LogP contribution in [-0.4, -0.2) is 29.9 Å². The van der Waals surface area contributed by atoms with Crippen molar-refractivity contribution in [2.24, 2.45) is 0 Å². The molecule has 0 atom stereocenters. The molecule has 0 amide bonds. The molecule has 0 N–H and O–H groups in total. The zero-order valence-corrected chi connectivity index (χ0v) is 12.2. The number of benzene rings is 1. The molecular weight excluding hydrogens is 278 g/mol. The van der Waals surface area contributed by atoms with Gasteiger partial charge in [0.15, 0.2) is 0 Å². The van der Waals surface area contributed by atoms with Crippen molar-refractivity contribution in [2.45, 2.75) is 31.1 Å². The fourth-order valence-corrected chi connectivity index (χ4v) is 2.74. The lowest BCUT2D eigenvalue weighted by Gasteiger charge is -2.29. The Hall–Kier alpha value is -0.540. The zero-order valence-electron chi connectivity index (χ0n) is 10.6. The van der Waals surface area contributed by atoms with Crippen LogP contribution in [-0.2, 0) is 6.54 Å². The number of methoxy groups -OCH3 is 1. The normalized spacial score (nSPS) is 18.3. The molecule has 1 aliphatic heterocycles. The molecule has 1 saturated heterocycles. The van der Waals surface area contributed by atoms with Crippen LogP contribution in [0.1, 0.15) is 24.0 Å². The quantitative estimate of drug-likeness (QED) is 0.793. The molecule has 1 aromatic carbocycles. The molecule has 1 fully saturated rings. The van der Waals surface area contributed by atoms with E-state index in [0.717, 1.165) is 12.3 Å². The van der Waals surface area contributed by atoms with Crippen molar-refractivity contribution in [3.8, 4) is 5.75 Å². The summed E-state index contributed by atoms with van der Waals surface area (Å²) in [4.78, 5) is 3.22. The SMILES string of the molecule is COc1ccc(C)cc1CN1CCC(Br)CC1. The molecule has 0 saturated carbocycles. The maximum atomic E-state index is 5.43. The summed E-state index contributed by atoms with van der Waals surface area (Å²) in [6.45, 7) is 5.48. The van der Waals surface area contributed by atoms with Crippen molar-refractivity contribution >= 4 is 15.9 Å². The Balaban J connectivity index is 2.04. The van der Waals surface area contributed by atoms with Gasteiger partial charge in [0.05, 0.1) is 7.11 Å². The van der Waals surface area contributed by atoms with Crippen LogP contribution in [0.2, 0.25) is 0 Å². The maximum absolute atomic E-state index is 5.43. The van der Waals surface area contributed by atoms with Crippen LogP contribution in [0, 0.1) is 6.92 Å². The summed E-state index contributed by atoms with van der Waals surface area (Å²) in [6.07, 6.45) is 2.49. The Morgan fingerprint density at radius 3 is 2.71 bits per heavy atom. The first-order valence-corrected chi connectivity index (χ1v) is 7.10. The van der Waals surface area contributed by atoms with Crippen molar-refractivity contribution in [1.82, 2.24) is 4.90 Å². The second-order valence-corrected chi connectivity index (χ2v) is 6.06. The van der Waals surface area contributed by atoms with Crippen molar-refractivity contribution in [3.63, 3.8) is 0 Å². The number of rotatable bonds is 3. The average Bonchev–Trinajstić information content (AvgIpc) is 2.32. The Kier molecular flexibility index (Phi) is 4.46. The summed E-state index contributed by atoms with van der Waals surface area (Å²) < 4.78 is 5.43. The van der Waals surface area contributed by atoms with Gasteiger partial charge in [0.1, 0.15) is 5.75 Å². The van der Waals surface area contributed by atoms with E-state index < -0.39 is 0 Å². The summed E-state index contributed by atoms with van der Waals surface area (Å²) in [5.74, 6) is 1.01. The van der Waals surface area contributed by atoms with Gasteiger partial charge in [-0.3, -0.25) is 4.90 Å². The summed E-state index contributed by atoms with van der Waals surface area (Å²) in [5.41, 5.74) is 2.61. The van der Waals surface area contributed by atoms with E-state index in [1.54, 1.807) is 7.11 Å². The standard InChI is InChI=1S/C14H20BrNO/c1-11-3-4-14(17-2)12(9-11)10-16-7-5-13(15)6-8-16/h3-4,9,13H,5-8,10H2,1-2H3. The number of nitrogens with zero attached hydrogens (tertiary/aromatic N) is 1. The van der Waals surface area contributed by atoms with E-state index in [0.29, 0.717) is 4.83 Å². The fourth-order valence-electron chi connectivity index (χ4n) is 2.33. The smallest absolute Gasteiger partial charge is 0.123 e. The molecule has 0 unspecified atom stereocenters. The van der Waals surface area contributed by atoms with Crippen molar-refractivity contribution in [2.75, 3.05) is 20.2 Å². The van der Waals surface area contributed by atoms with Gasteiger partial charge in [0, 0.05) is 16.9 Å². The molecular formula is C14H20BrNO. The van der Waals surface area contributed by atoms with Crippen LogP contribution >= 0.6 is 15.9 Å². The highest BCUT2D eigenvalue weighted by Gasteiger charge is 2.17. The van der Waals surface area contributed by atoms with Gasteiger partial charge < -0.3 is 4.74 Å². The van der Waals surface area contributed by atoms with Crippen LogP contribution < -0.4 is 4.74 Å². The minimum absolute atomic E-state index is 0.707. The number of hydrogen-bond donors (Lipinski definition) is 0. The van der Waals surface area contributed by atoms with Gasteiger partial charge in [-0.25, -0.2) is 0 Å². The molecule has 0 spiro atoms. The van der Waals surface area contributed by atoms with Gasteiger partial charge in [-0.1, -0.05) is 33.6 Å². The number of likely N-dealkylation sites (tertiary alicyclic amines) is 1. The Morgan fingerprint density at radius 1 is 1.35 bits per heavy atom. The van der Waals surface area contributed by atoms with Gasteiger partial charge in [-0.15, -0.1) is 0 Å². The molecule has 2 rings (SSSR count). The van der Waals surface area contributed by atoms with Crippen molar-refractivity contribution < 1.29 is 4.74 Å². The molecule has 0 bridgehead atoms. The highest BCUT2D eigenvalue weighted by Crippen LogP contribution is 2.24. The van der Waals surface area contributed by atoms with E-state index in [9.17, 15) is 0 Å². The Labute approximate surface area is 112 Å². The first kappa shape index (κ1) is 12.9. The Bertz CT molecular complexity index is 372. The van der Waals surface area contributed by atoms with Gasteiger partial charge in [0.25, 0.3) is 0 Å². The zero-order chi connectivity index (χ0) is 12.3. The third-order valence-electron chi connectivity index (χ3n) is 3.35. The number of alkyl halides is 1. The number of hydrogen-bond acceptors (Lipinski definition) is 2. The second kappa shape index (κ2) is 5.87. The van der Waals surface area contributed by atoms with Crippen LogP contribution in [0.5, 0.6) is 5.75 Å². The molecule has 1 aromatic rings. The predicted octanol–water partition coefficient (Wildman–Crippen LogP) is 3.36. The number of halogens is 1. The number of aryl methyl sites for hydroxylation is 1. The number of piperidine rings is 1. The first-order chi connectivity index (χ1) is 8.19. The highest BCUT2D eigenvalue weighted by atomic mass is 79.9. The highest BCUT2D eigenvalue weighted by molar-refractivity contribution is 9.09. The molecule has 0 aromatic heterocycles. The van der Waals surface area contributed by atoms with Crippen molar-refractivity contribution in [3.05, 3.63) is 29.3 Å². The number of ether oxygens (including phenoxy) is 1. The summed E-state index contributed by atoms with van der Waals surface area (Å²) in [6, 6.07) is 6.41.